The molecule has 4 rings (SSSR count). The second kappa shape index (κ2) is 12.0. The van der Waals surface area contributed by atoms with Gasteiger partial charge in [0.15, 0.2) is 0 Å². The molecule has 0 bridgehead atoms. The van der Waals surface area contributed by atoms with Crippen molar-refractivity contribution in [2.75, 3.05) is 0 Å². The lowest BCUT2D eigenvalue weighted by Gasteiger charge is -2.11. The van der Waals surface area contributed by atoms with Crippen molar-refractivity contribution in [3.63, 3.8) is 0 Å². The van der Waals surface area contributed by atoms with Crippen LogP contribution in [0.25, 0.3) is 11.1 Å². The lowest BCUT2D eigenvalue weighted by Crippen LogP contribution is -1.99. The van der Waals surface area contributed by atoms with Crippen molar-refractivity contribution in [2.24, 2.45) is 0 Å². The first-order valence-electron chi connectivity index (χ1n) is 12.4. The van der Waals surface area contributed by atoms with E-state index in [0.717, 1.165) is 53.4 Å². The Morgan fingerprint density at radius 3 is 1.51 bits per heavy atom. The lowest BCUT2D eigenvalue weighted by atomic mass is 9.93. The van der Waals surface area contributed by atoms with Crippen molar-refractivity contribution in [1.29, 1.82) is 0 Å². The molecule has 4 aromatic carbocycles. The van der Waals surface area contributed by atoms with Gasteiger partial charge >= 0.3 is 0 Å². The van der Waals surface area contributed by atoms with Crippen LogP contribution >= 0.6 is 0 Å². The van der Waals surface area contributed by atoms with Crippen molar-refractivity contribution in [2.45, 2.75) is 39.5 Å². The Balaban J connectivity index is 1.66. The van der Waals surface area contributed by atoms with Gasteiger partial charge in [0.05, 0.1) is 0 Å². The first-order valence-corrected chi connectivity index (χ1v) is 12.4. The van der Waals surface area contributed by atoms with Crippen LogP contribution < -0.4 is 5.46 Å². The molecular formula is C34H29B. The van der Waals surface area contributed by atoms with Crippen molar-refractivity contribution in [3.05, 3.63) is 124 Å². The van der Waals surface area contributed by atoms with Gasteiger partial charge in [0.25, 0.3) is 0 Å². The van der Waals surface area contributed by atoms with Gasteiger partial charge in [0.2, 0.25) is 0 Å². The van der Waals surface area contributed by atoms with Crippen LogP contribution in [0.1, 0.15) is 60.1 Å². The standard InChI is InChI=1S/C34H29B/c1-3-8-30-24-32(20-18-28(30)16-12-26-10-6-5-7-11-26)33-21-19-29(31(25-33)9-4-2)17-13-27-14-22-34(35)23-15-27/h5-7,10-11,14-15,18-25H,3-4,8-9H2,1-2H3. The molecule has 0 aromatic heterocycles. The molecule has 0 aliphatic heterocycles. The molecule has 0 amide bonds. The van der Waals surface area contributed by atoms with E-state index in [9.17, 15) is 0 Å². The van der Waals surface area contributed by atoms with Gasteiger partial charge in [-0.2, -0.15) is 0 Å². The van der Waals surface area contributed by atoms with E-state index in [0.29, 0.717) is 0 Å². The Morgan fingerprint density at radius 2 is 1.03 bits per heavy atom. The summed E-state index contributed by atoms with van der Waals surface area (Å²) in [4.78, 5) is 0. The zero-order valence-corrected chi connectivity index (χ0v) is 20.6. The van der Waals surface area contributed by atoms with E-state index < -0.39 is 0 Å². The predicted octanol–water partition coefficient (Wildman–Crippen LogP) is 6.85. The highest BCUT2D eigenvalue weighted by molar-refractivity contribution is 6.32. The molecule has 0 saturated carbocycles. The highest BCUT2D eigenvalue weighted by Crippen LogP contribution is 2.26. The molecule has 1 heteroatoms. The Hall–Kier alpha value is -3.94. The number of benzene rings is 4. The van der Waals surface area contributed by atoms with E-state index in [2.05, 4.69) is 73.9 Å². The van der Waals surface area contributed by atoms with E-state index in [1.54, 1.807) is 0 Å². The molecule has 0 saturated heterocycles. The molecule has 4 aromatic rings. The molecule has 0 N–H and O–H groups in total. The summed E-state index contributed by atoms with van der Waals surface area (Å²) in [6.07, 6.45) is 4.18. The van der Waals surface area contributed by atoms with Crippen LogP contribution in [0.15, 0.2) is 91.0 Å². The Morgan fingerprint density at radius 1 is 0.543 bits per heavy atom. The molecule has 0 aliphatic rings. The Labute approximate surface area is 211 Å². The number of aryl methyl sites for hydroxylation is 2. The minimum atomic E-state index is 0.756. The highest BCUT2D eigenvalue weighted by Gasteiger charge is 2.07. The van der Waals surface area contributed by atoms with Crippen molar-refractivity contribution in [3.8, 4) is 34.8 Å². The minimum absolute atomic E-state index is 0.756. The van der Waals surface area contributed by atoms with Crippen molar-refractivity contribution < 1.29 is 0 Å². The van der Waals surface area contributed by atoms with Crippen LogP contribution in [0.2, 0.25) is 0 Å². The van der Waals surface area contributed by atoms with E-state index in [-0.39, 0.29) is 0 Å². The van der Waals surface area contributed by atoms with Crippen LogP contribution in [0.5, 0.6) is 0 Å². The Kier molecular flexibility index (Phi) is 8.27. The maximum absolute atomic E-state index is 5.80. The summed E-state index contributed by atoms with van der Waals surface area (Å²) in [6, 6.07) is 31.2. The van der Waals surface area contributed by atoms with E-state index in [4.69, 9.17) is 7.85 Å². The maximum Gasteiger partial charge on any atom is 0.113 e. The predicted molar refractivity (Wildman–Crippen MR) is 150 cm³/mol. The first-order chi connectivity index (χ1) is 17.2. The highest BCUT2D eigenvalue weighted by atomic mass is 14.1. The third kappa shape index (κ3) is 6.56. The first kappa shape index (κ1) is 24.2. The number of hydrogen-bond donors (Lipinski definition) is 0. The molecule has 0 atom stereocenters. The molecular weight excluding hydrogens is 419 g/mol. The number of rotatable bonds is 5. The third-order valence-electron chi connectivity index (χ3n) is 5.95. The summed E-state index contributed by atoms with van der Waals surface area (Å²) in [5.41, 5.74) is 10.0. The molecule has 168 valence electrons. The topological polar surface area (TPSA) is 0 Å². The number of hydrogen-bond acceptors (Lipinski definition) is 0. The summed E-state index contributed by atoms with van der Waals surface area (Å²) < 4.78 is 0. The molecule has 0 nitrogen and oxygen atoms in total. The van der Waals surface area contributed by atoms with Crippen LogP contribution in [0.4, 0.5) is 0 Å². The van der Waals surface area contributed by atoms with Gasteiger partial charge in [0, 0.05) is 22.3 Å². The van der Waals surface area contributed by atoms with Gasteiger partial charge in [-0.05, 0) is 83.6 Å². The quantitative estimate of drug-likeness (QED) is 0.231. The van der Waals surface area contributed by atoms with Gasteiger partial charge in [-0.15, -0.1) is 0 Å². The van der Waals surface area contributed by atoms with Crippen LogP contribution in [0.3, 0.4) is 0 Å². The van der Waals surface area contributed by atoms with Gasteiger partial charge in [-0.3, -0.25) is 0 Å². The van der Waals surface area contributed by atoms with Gasteiger partial charge in [-0.25, -0.2) is 0 Å². The average molecular weight is 448 g/mol. The third-order valence-corrected chi connectivity index (χ3v) is 5.95. The largest absolute Gasteiger partial charge is 0.113 e. The van der Waals surface area contributed by atoms with Crippen LogP contribution in [-0.2, 0) is 12.8 Å². The summed E-state index contributed by atoms with van der Waals surface area (Å²) in [6.45, 7) is 4.43. The van der Waals surface area contributed by atoms with E-state index in [1.807, 2.05) is 54.6 Å². The maximum atomic E-state index is 5.80. The van der Waals surface area contributed by atoms with Crippen LogP contribution in [-0.4, -0.2) is 7.85 Å². The molecule has 35 heavy (non-hydrogen) atoms. The minimum Gasteiger partial charge on any atom is -0.0966 e. The summed E-state index contributed by atoms with van der Waals surface area (Å²) in [7, 11) is 5.80. The fourth-order valence-corrected chi connectivity index (χ4v) is 4.11. The van der Waals surface area contributed by atoms with E-state index >= 15 is 0 Å². The summed E-state index contributed by atoms with van der Waals surface area (Å²) in [5.74, 6) is 13.4. The molecule has 0 spiro atoms. The normalized spacial score (nSPS) is 10.1. The fourth-order valence-electron chi connectivity index (χ4n) is 4.11. The van der Waals surface area contributed by atoms with Crippen LogP contribution in [0, 0.1) is 23.7 Å². The van der Waals surface area contributed by atoms with Crippen molar-refractivity contribution in [1.82, 2.24) is 0 Å². The average Bonchev–Trinajstić information content (AvgIpc) is 2.89. The van der Waals surface area contributed by atoms with Crippen molar-refractivity contribution >= 4 is 13.3 Å². The molecule has 0 fully saturated rings. The fraction of sp³-hybridized carbons (Fsp3) is 0.176. The lowest BCUT2D eigenvalue weighted by molar-refractivity contribution is 0.917. The molecule has 2 radical (unpaired) electrons. The molecule has 0 unspecified atom stereocenters. The zero-order chi connectivity index (χ0) is 24.5. The molecule has 0 heterocycles. The monoisotopic (exact) mass is 448 g/mol. The zero-order valence-electron chi connectivity index (χ0n) is 20.6. The molecule has 0 aliphatic carbocycles. The SMILES string of the molecule is [B]c1ccc(C#Cc2ccc(-c3ccc(C#Cc4ccccc4)c(CCC)c3)cc2CCC)cc1. The summed E-state index contributed by atoms with van der Waals surface area (Å²) in [5, 5.41) is 0. The second-order valence-electron chi connectivity index (χ2n) is 8.73. The van der Waals surface area contributed by atoms with Gasteiger partial charge < -0.3 is 0 Å². The summed E-state index contributed by atoms with van der Waals surface area (Å²) >= 11 is 0. The Bertz CT molecular complexity index is 1410. The smallest absolute Gasteiger partial charge is 0.0966 e. The second-order valence-corrected chi connectivity index (χ2v) is 8.73. The van der Waals surface area contributed by atoms with Gasteiger partial charge in [0.1, 0.15) is 7.85 Å². The van der Waals surface area contributed by atoms with E-state index in [1.165, 1.54) is 22.3 Å². The van der Waals surface area contributed by atoms with Gasteiger partial charge in [-0.1, -0.05) is 98.3 Å².